The van der Waals surface area contributed by atoms with Gasteiger partial charge in [0.15, 0.2) is 0 Å². The fourth-order valence-electron chi connectivity index (χ4n) is 3.40. The van der Waals surface area contributed by atoms with E-state index in [1.54, 1.807) is 6.20 Å². The molecular weight excluding hydrogens is 396 g/mol. The van der Waals surface area contributed by atoms with Crippen molar-refractivity contribution < 1.29 is 4.79 Å². The lowest BCUT2D eigenvalue weighted by Crippen LogP contribution is -2.42. The second-order valence-electron chi connectivity index (χ2n) is 6.85. The summed E-state index contributed by atoms with van der Waals surface area (Å²) < 4.78 is 0.901. The van der Waals surface area contributed by atoms with E-state index in [4.69, 9.17) is 0 Å². The van der Waals surface area contributed by atoms with Crippen LogP contribution in [0.4, 0.5) is 23.1 Å². The van der Waals surface area contributed by atoms with Crippen molar-refractivity contribution in [3.63, 3.8) is 0 Å². The molecule has 0 atom stereocenters. The highest BCUT2D eigenvalue weighted by atomic mass is 79.9. The Bertz CT molecular complexity index is 850. The molecular formula is C18H21BrN6O. The normalized spacial score (nSPS) is 17.6. The van der Waals surface area contributed by atoms with E-state index in [0.29, 0.717) is 29.1 Å². The van der Waals surface area contributed by atoms with Crippen LogP contribution in [0.2, 0.25) is 0 Å². The number of hydrogen-bond acceptors (Lipinski definition) is 6. The topological polar surface area (TPSA) is 73.4 Å². The van der Waals surface area contributed by atoms with Crippen molar-refractivity contribution >= 4 is 45.0 Å². The molecule has 3 heterocycles. The summed E-state index contributed by atoms with van der Waals surface area (Å²) in [5.74, 6) is 0.963. The molecule has 0 radical (unpaired) electrons. The summed E-state index contributed by atoms with van der Waals surface area (Å²) in [6.07, 6.45) is 3.77. The number of carbonyl (C=O) groups excluding carboxylic acids is 1. The predicted molar refractivity (Wildman–Crippen MR) is 106 cm³/mol. The molecule has 0 saturated carbocycles. The van der Waals surface area contributed by atoms with Crippen molar-refractivity contribution in [2.24, 2.45) is 0 Å². The van der Waals surface area contributed by atoms with E-state index in [-0.39, 0.29) is 5.91 Å². The molecule has 4 rings (SSSR count). The number of benzene rings is 1. The van der Waals surface area contributed by atoms with Crippen LogP contribution in [-0.4, -0.2) is 54.0 Å². The number of fused-ring (bicyclic) bond motifs is 2. The lowest BCUT2D eigenvalue weighted by Gasteiger charge is -2.35. The molecule has 0 aliphatic carbocycles. The zero-order valence-corrected chi connectivity index (χ0v) is 16.4. The minimum atomic E-state index is -0.210. The van der Waals surface area contributed by atoms with Crippen LogP contribution in [0.15, 0.2) is 28.9 Å². The van der Waals surface area contributed by atoms with Gasteiger partial charge in [0, 0.05) is 23.8 Å². The van der Waals surface area contributed by atoms with E-state index in [1.165, 1.54) is 0 Å². The third kappa shape index (κ3) is 3.26. The summed E-state index contributed by atoms with van der Waals surface area (Å²) in [4.78, 5) is 26.1. The van der Waals surface area contributed by atoms with Crippen LogP contribution < -0.4 is 15.5 Å². The first kappa shape index (κ1) is 17.2. The highest BCUT2D eigenvalue weighted by Gasteiger charge is 2.25. The van der Waals surface area contributed by atoms with E-state index in [0.717, 1.165) is 36.1 Å². The average Bonchev–Trinajstić information content (AvgIpc) is 2.77. The second kappa shape index (κ2) is 6.85. The quantitative estimate of drug-likeness (QED) is 0.783. The maximum Gasteiger partial charge on any atom is 0.261 e. The van der Waals surface area contributed by atoms with E-state index in [1.807, 2.05) is 25.2 Å². The molecule has 0 spiro atoms. The number of rotatable bonds is 2. The van der Waals surface area contributed by atoms with Crippen LogP contribution in [0.25, 0.3) is 0 Å². The molecule has 7 nitrogen and oxygen atoms in total. The van der Waals surface area contributed by atoms with Crippen LogP contribution in [0, 0.1) is 0 Å². The lowest BCUT2D eigenvalue weighted by atomic mass is 10.0. The number of aromatic nitrogens is 2. The van der Waals surface area contributed by atoms with Gasteiger partial charge in [0.25, 0.3) is 5.91 Å². The number of likely N-dealkylation sites (tertiary alicyclic amines) is 1. The van der Waals surface area contributed by atoms with Crippen molar-refractivity contribution in [3.05, 3.63) is 34.4 Å². The third-order valence-corrected chi connectivity index (χ3v) is 5.55. The standard InChI is InChI=1S/C18H21BrN6O/c1-24-7-5-12(6-8-24)25(2)18-20-10-13-16(23-18)21-14-4-3-11(19)9-15(14)22-17(13)26/h3-4,9-10,12H,5-8H2,1-2H3,(H,22,26)(H,20,21,23). The van der Waals surface area contributed by atoms with Gasteiger partial charge in [-0.1, -0.05) is 15.9 Å². The van der Waals surface area contributed by atoms with E-state index < -0.39 is 0 Å². The second-order valence-corrected chi connectivity index (χ2v) is 7.76. The fourth-order valence-corrected chi connectivity index (χ4v) is 3.76. The summed E-state index contributed by atoms with van der Waals surface area (Å²) in [5.41, 5.74) is 1.97. The highest BCUT2D eigenvalue weighted by molar-refractivity contribution is 9.10. The molecule has 8 heteroatoms. The Hall–Kier alpha value is -2.19. The van der Waals surface area contributed by atoms with Gasteiger partial charge in [-0.25, -0.2) is 4.98 Å². The largest absolute Gasteiger partial charge is 0.341 e. The van der Waals surface area contributed by atoms with E-state index in [2.05, 4.69) is 53.4 Å². The summed E-state index contributed by atoms with van der Waals surface area (Å²) in [7, 11) is 4.17. The molecule has 0 unspecified atom stereocenters. The monoisotopic (exact) mass is 416 g/mol. The lowest BCUT2D eigenvalue weighted by molar-refractivity contribution is 0.102. The van der Waals surface area contributed by atoms with Gasteiger partial charge in [0.1, 0.15) is 11.4 Å². The van der Waals surface area contributed by atoms with Gasteiger partial charge in [-0.05, 0) is 51.2 Å². The van der Waals surface area contributed by atoms with Gasteiger partial charge in [-0.3, -0.25) is 4.79 Å². The minimum absolute atomic E-state index is 0.210. The van der Waals surface area contributed by atoms with Gasteiger partial charge >= 0.3 is 0 Å². The van der Waals surface area contributed by atoms with Gasteiger partial charge in [-0.2, -0.15) is 4.98 Å². The first-order valence-corrected chi connectivity index (χ1v) is 9.47. The van der Waals surface area contributed by atoms with Gasteiger partial charge in [0.2, 0.25) is 5.95 Å². The Morgan fingerprint density at radius 1 is 1.23 bits per heavy atom. The summed E-state index contributed by atoms with van der Waals surface area (Å²) in [5, 5.41) is 6.18. The number of piperidine rings is 1. The smallest absolute Gasteiger partial charge is 0.261 e. The maximum absolute atomic E-state index is 12.5. The number of nitrogens with zero attached hydrogens (tertiary/aromatic N) is 4. The summed E-state index contributed by atoms with van der Waals surface area (Å²) in [6.45, 7) is 2.14. The van der Waals surface area contributed by atoms with Crippen molar-refractivity contribution in [1.29, 1.82) is 0 Å². The van der Waals surface area contributed by atoms with Crippen LogP contribution in [0.1, 0.15) is 23.2 Å². The Morgan fingerprint density at radius 2 is 2.00 bits per heavy atom. The zero-order valence-electron chi connectivity index (χ0n) is 14.8. The number of halogens is 1. The number of nitrogens with one attached hydrogen (secondary N) is 2. The number of carbonyl (C=O) groups is 1. The SMILES string of the molecule is CN1CCC(N(C)c2ncc3c(n2)Nc2ccc(Br)cc2NC3=O)CC1. The van der Waals surface area contributed by atoms with Crippen molar-refractivity contribution in [3.8, 4) is 0 Å². The summed E-state index contributed by atoms with van der Waals surface area (Å²) in [6, 6.07) is 6.12. The molecule has 1 fully saturated rings. The molecule has 2 aliphatic rings. The fraction of sp³-hybridized carbons (Fsp3) is 0.389. The highest BCUT2D eigenvalue weighted by Crippen LogP contribution is 2.33. The Balaban J connectivity index is 1.64. The molecule has 1 amide bonds. The van der Waals surface area contributed by atoms with Gasteiger partial charge in [0.05, 0.1) is 11.4 Å². The molecule has 136 valence electrons. The minimum Gasteiger partial charge on any atom is -0.341 e. The molecule has 1 aromatic heterocycles. The van der Waals surface area contributed by atoms with Crippen LogP contribution in [-0.2, 0) is 0 Å². The number of amides is 1. The Morgan fingerprint density at radius 3 is 2.77 bits per heavy atom. The first-order valence-electron chi connectivity index (χ1n) is 8.67. The number of hydrogen-bond donors (Lipinski definition) is 2. The molecule has 0 bridgehead atoms. The molecule has 2 N–H and O–H groups in total. The van der Waals surface area contributed by atoms with E-state index >= 15 is 0 Å². The predicted octanol–water partition coefficient (Wildman–Crippen LogP) is 3.08. The molecule has 1 aromatic carbocycles. The molecule has 2 aromatic rings. The Labute approximate surface area is 160 Å². The third-order valence-electron chi connectivity index (χ3n) is 5.05. The molecule has 2 aliphatic heterocycles. The van der Waals surface area contributed by atoms with Gasteiger partial charge in [-0.15, -0.1) is 0 Å². The molecule has 1 saturated heterocycles. The van der Waals surface area contributed by atoms with Crippen LogP contribution >= 0.6 is 15.9 Å². The van der Waals surface area contributed by atoms with E-state index in [9.17, 15) is 4.79 Å². The molecule has 26 heavy (non-hydrogen) atoms. The van der Waals surface area contributed by atoms with Gasteiger partial charge < -0.3 is 20.4 Å². The first-order chi connectivity index (χ1) is 12.5. The Kier molecular flexibility index (Phi) is 4.54. The summed E-state index contributed by atoms with van der Waals surface area (Å²) >= 11 is 3.43. The zero-order chi connectivity index (χ0) is 18.3. The van der Waals surface area contributed by atoms with Crippen molar-refractivity contribution in [2.75, 3.05) is 42.7 Å². The van der Waals surface area contributed by atoms with Crippen molar-refractivity contribution in [2.45, 2.75) is 18.9 Å². The number of anilines is 4. The maximum atomic E-state index is 12.5. The van der Waals surface area contributed by atoms with Crippen LogP contribution in [0.5, 0.6) is 0 Å². The van der Waals surface area contributed by atoms with Crippen LogP contribution in [0.3, 0.4) is 0 Å². The average molecular weight is 417 g/mol. The van der Waals surface area contributed by atoms with Crippen molar-refractivity contribution in [1.82, 2.24) is 14.9 Å².